The number of carbonyl (C=O) groups is 2. The maximum absolute atomic E-state index is 13.0. The zero-order chi connectivity index (χ0) is 21.7. The first-order chi connectivity index (χ1) is 15.0. The van der Waals surface area contributed by atoms with Gasteiger partial charge in [-0.15, -0.1) is 11.3 Å². The van der Waals surface area contributed by atoms with Gasteiger partial charge in [-0.3, -0.25) is 9.59 Å². The largest absolute Gasteiger partial charge is 0.495 e. The molecule has 1 aromatic carbocycles. The molecule has 10 heteroatoms. The van der Waals surface area contributed by atoms with Gasteiger partial charge in [-0.25, -0.2) is 9.50 Å². The highest BCUT2D eigenvalue weighted by molar-refractivity contribution is 7.22. The third kappa shape index (κ3) is 3.15. The number of nitrogens with two attached hydrogens (primary N) is 1. The molecule has 1 aliphatic heterocycles. The van der Waals surface area contributed by atoms with E-state index in [1.807, 2.05) is 19.1 Å². The number of amides is 2. The van der Waals surface area contributed by atoms with E-state index in [1.165, 1.54) is 10.8 Å². The van der Waals surface area contributed by atoms with Gasteiger partial charge in [0.2, 0.25) is 5.91 Å². The Morgan fingerprint density at radius 2 is 2.19 bits per heavy atom. The molecule has 9 nitrogen and oxygen atoms in total. The van der Waals surface area contributed by atoms with Gasteiger partial charge in [0.05, 0.1) is 11.8 Å². The first-order valence-corrected chi connectivity index (χ1v) is 10.6. The summed E-state index contributed by atoms with van der Waals surface area (Å²) in [4.78, 5) is 29.9. The van der Waals surface area contributed by atoms with Gasteiger partial charge in [0.25, 0.3) is 5.91 Å². The summed E-state index contributed by atoms with van der Waals surface area (Å²) in [5.74, 6) is 0.485. The number of carbonyl (C=O) groups excluding carboxylic acids is 2. The molecule has 5 rings (SSSR count). The normalized spacial score (nSPS) is 16.1. The van der Waals surface area contributed by atoms with Gasteiger partial charge in [-0.2, -0.15) is 5.10 Å². The van der Waals surface area contributed by atoms with Gasteiger partial charge in [0, 0.05) is 17.0 Å². The molecule has 0 radical (unpaired) electrons. The number of hydrogen-bond donors (Lipinski definition) is 3. The van der Waals surface area contributed by atoms with Crippen molar-refractivity contribution in [1.29, 1.82) is 0 Å². The van der Waals surface area contributed by atoms with E-state index in [4.69, 9.17) is 10.5 Å². The van der Waals surface area contributed by atoms with Crippen molar-refractivity contribution >= 4 is 44.6 Å². The van der Waals surface area contributed by atoms with Crippen LogP contribution in [0.25, 0.3) is 26.0 Å². The molecule has 0 saturated carbocycles. The minimum absolute atomic E-state index is 0.185. The molecule has 1 aliphatic rings. The van der Waals surface area contributed by atoms with Crippen LogP contribution in [0.5, 0.6) is 5.75 Å². The number of nitrogen functional groups attached to an aromatic ring is 1. The van der Waals surface area contributed by atoms with Crippen molar-refractivity contribution in [1.82, 2.24) is 25.2 Å². The number of hydrogen-bond acceptors (Lipinski definition) is 7. The Kier molecular flexibility index (Phi) is 4.51. The average molecular weight is 436 g/mol. The van der Waals surface area contributed by atoms with Crippen molar-refractivity contribution in [2.24, 2.45) is 0 Å². The SMILES string of the molecule is COc1cc(C)cc2cc(-c3cc(C(=O)NC4CCNC4=O)n4ncnc(N)c34)sc12. The standard InChI is InChI=1S/C21H20N6O3S/c1-10-5-11-7-16(31-18(11)15(6-10)30-2)12-8-14(27-17(12)19(22)24-9-25-27)21(29)26-13-3-4-23-20(13)28/h5-9,13H,3-4H2,1-2H3,(H,23,28)(H,26,29)(H2,22,24,25). The van der Waals surface area contributed by atoms with Crippen LogP contribution in [0.4, 0.5) is 5.82 Å². The summed E-state index contributed by atoms with van der Waals surface area (Å²) >= 11 is 1.55. The number of ether oxygens (including phenoxy) is 1. The van der Waals surface area contributed by atoms with Crippen molar-refractivity contribution in [3.05, 3.63) is 41.9 Å². The van der Waals surface area contributed by atoms with E-state index in [0.29, 0.717) is 24.2 Å². The van der Waals surface area contributed by atoms with Crippen LogP contribution in [0.15, 0.2) is 30.6 Å². The van der Waals surface area contributed by atoms with E-state index < -0.39 is 11.9 Å². The second-order valence-electron chi connectivity index (χ2n) is 7.45. The Hall–Kier alpha value is -3.66. The molecule has 4 aromatic rings. The zero-order valence-electron chi connectivity index (χ0n) is 16.9. The lowest BCUT2D eigenvalue weighted by Crippen LogP contribution is -2.40. The fourth-order valence-corrected chi connectivity index (χ4v) is 5.08. The number of nitrogens with one attached hydrogen (secondary N) is 2. The van der Waals surface area contributed by atoms with Crippen molar-refractivity contribution in [3.63, 3.8) is 0 Å². The monoisotopic (exact) mass is 436 g/mol. The molecule has 1 unspecified atom stereocenters. The molecular formula is C21H20N6O3S. The van der Waals surface area contributed by atoms with Crippen LogP contribution in [0.2, 0.25) is 0 Å². The third-order valence-corrected chi connectivity index (χ3v) is 6.58. The van der Waals surface area contributed by atoms with Crippen molar-refractivity contribution in [3.8, 4) is 16.2 Å². The molecule has 158 valence electrons. The van der Waals surface area contributed by atoms with Crippen LogP contribution < -0.4 is 21.1 Å². The van der Waals surface area contributed by atoms with Crippen LogP contribution in [-0.4, -0.2) is 46.1 Å². The molecule has 4 heterocycles. The smallest absolute Gasteiger partial charge is 0.270 e. The summed E-state index contributed by atoms with van der Waals surface area (Å²) in [5, 5.41) is 10.8. The molecule has 1 atom stereocenters. The molecule has 0 spiro atoms. The first-order valence-electron chi connectivity index (χ1n) is 9.75. The predicted molar refractivity (Wildman–Crippen MR) is 118 cm³/mol. The number of thiophene rings is 1. The fraction of sp³-hybridized carbons (Fsp3) is 0.238. The van der Waals surface area contributed by atoms with Crippen molar-refractivity contribution in [2.75, 3.05) is 19.4 Å². The number of fused-ring (bicyclic) bond motifs is 2. The van der Waals surface area contributed by atoms with Crippen LogP contribution >= 0.6 is 11.3 Å². The summed E-state index contributed by atoms with van der Waals surface area (Å²) < 4.78 is 8.04. The summed E-state index contributed by atoms with van der Waals surface area (Å²) in [5.41, 5.74) is 8.86. The predicted octanol–water partition coefficient (Wildman–Crippen LogP) is 2.13. The Bertz CT molecular complexity index is 1360. The van der Waals surface area contributed by atoms with E-state index >= 15 is 0 Å². The van der Waals surface area contributed by atoms with E-state index in [-0.39, 0.29) is 11.7 Å². The molecule has 0 aliphatic carbocycles. The summed E-state index contributed by atoms with van der Waals surface area (Å²) in [7, 11) is 1.65. The van der Waals surface area contributed by atoms with Gasteiger partial charge in [-0.05, 0) is 42.5 Å². The lowest BCUT2D eigenvalue weighted by Gasteiger charge is -2.09. The molecule has 3 aromatic heterocycles. The summed E-state index contributed by atoms with van der Waals surface area (Å²) in [6, 6.07) is 7.30. The molecule has 31 heavy (non-hydrogen) atoms. The van der Waals surface area contributed by atoms with Crippen LogP contribution in [0.1, 0.15) is 22.5 Å². The van der Waals surface area contributed by atoms with Gasteiger partial charge in [-0.1, -0.05) is 6.07 Å². The van der Waals surface area contributed by atoms with E-state index in [9.17, 15) is 9.59 Å². The summed E-state index contributed by atoms with van der Waals surface area (Å²) in [6.07, 6.45) is 1.86. The van der Waals surface area contributed by atoms with Crippen LogP contribution in [-0.2, 0) is 4.79 Å². The Labute approximate surface area is 181 Å². The summed E-state index contributed by atoms with van der Waals surface area (Å²) in [6.45, 7) is 2.56. The maximum atomic E-state index is 13.0. The molecular weight excluding hydrogens is 416 g/mol. The second kappa shape index (κ2) is 7.24. The topological polar surface area (TPSA) is 124 Å². The number of aromatic nitrogens is 3. The first kappa shape index (κ1) is 19.3. The molecule has 4 N–H and O–H groups in total. The average Bonchev–Trinajstić information content (AvgIpc) is 3.44. The molecule has 0 bridgehead atoms. The molecule has 1 saturated heterocycles. The van der Waals surface area contributed by atoms with E-state index in [0.717, 1.165) is 31.8 Å². The second-order valence-corrected chi connectivity index (χ2v) is 8.50. The minimum atomic E-state index is -0.558. The van der Waals surface area contributed by atoms with Gasteiger partial charge < -0.3 is 21.1 Å². The van der Waals surface area contributed by atoms with Crippen LogP contribution in [0, 0.1) is 6.92 Å². The number of benzene rings is 1. The Morgan fingerprint density at radius 3 is 2.94 bits per heavy atom. The number of nitrogens with zero attached hydrogens (tertiary/aromatic N) is 3. The van der Waals surface area contributed by atoms with Gasteiger partial charge >= 0.3 is 0 Å². The van der Waals surface area contributed by atoms with E-state index in [1.54, 1.807) is 24.5 Å². The lowest BCUT2D eigenvalue weighted by molar-refractivity contribution is -0.120. The number of aryl methyl sites for hydroxylation is 1. The quantitative estimate of drug-likeness (QED) is 0.450. The molecule has 1 fully saturated rings. The van der Waals surface area contributed by atoms with E-state index in [2.05, 4.69) is 26.8 Å². The third-order valence-electron chi connectivity index (χ3n) is 5.38. The van der Waals surface area contributed by atoms with Crippen LogP contribution in [0.3, 0.4) is 0 Å². The Balaban J connectivity index is 1.65. The maximum Gasteiger partial charge on any atom is 0.270 e. The highest BCUT2D eigenvalue weighted by Gasteiger charge is 2.28. The lowest BCUT2D eigenvalue weighted by atomic mass is 10.1. The van der Waals surface area contributed by atoms with Crippen molar-refractivity contribution in [2.45, 2.75) is 19.4 Å². The number of anilines is 1. The molecule has 2 amide bonds. The van der Waals surface area contributed by atoms with Gasteiger partial charge in [0.15, 0.2) is 5.82 Å². The number of rotatable bonds is 4. The Morgan fingerprint density at radius 1 is 1.35 bits per heavy atom. The number of methoxy groups -OCH3 is 1. The fourth-order valence-electron chi connectivity index (χ4n) is 3.93. The highest BCUT2D eigenvalue weighted by Crippen LogP contribution is 2.42. The minimum Gasteiger partial charge on any atom is -0.495 e. The zero-order valence-corrected chi connectivity index (χ0v) is 17.7. The van der Waals surface area contributed by atoms with Gasteiger partial charge in [0.1, 0.15) is 29.3 Å². The van der Waals surface area contributed by atoms with Crippen molar-refractivity contribution < 1.29 is 14.3 Å². The highest BCUT2D eigenvalue weighted by atomic mass is 32.1.